The van der Waals surface area contributed by atoms with Gasteiger partial charge in [-0.25, -0.2) is 0 Å². The van der Waals surface area contributed by atoms with Crippen LogP contribution >= 0.6 is 0 Å². The third-order valence-electron chi connectivity index (χ3n) is 3.43. The summed E-state index contributed by atoms with van der Waals surface area (Å²) in [5.41, 5.74) is 0. The number of unbranched alkanes of at least 4 members (excludes halogenated alkanes) is 1. The molecule has 0 aromatic heterocycles. The van der Waals surface area contributed by atoms with Crippen LogP contribution in [0.15, 0.2) is 0 Å². The third-order valence-corrected chi connectivity index (χ3v) is 5.90. The monoisotopic (exact) mass is 294 g/mol. The molecular formula is C12H26O6Si. The zero-order valence-electron chi connectivity index (χ0n) is 11.8. The predicted molar refractivity (Wildman–Crippen MR) is 72.0 cm³/mol. The number of ether oxygens (including phenoxy) is 1. The van der Waals surface area contributed by atoms with E-state index < -0.39 is 45.6 Å². The standard InChI is InChI=1S/C12H26O6Si/c1-4-5-6-19(2,3)18-11-10(15)9(14)8(7-13)17-12(11)16/h8-16H,4-7H2,1-3H3/t8-,9+,10+,11-,12+/m1/s1. The molecule has 0 aromatic carbocycles. The summed E-state index contributed by atoms with van der Waals surface area (Å²) in [5, 5.41) is 38.6. The smallest absolute Gasteiger partial charge is 0.187 e. The largest absolute Gasteiger partial charge is 0.407 e. The van der Waals surface area contributed by atoms with Gasteiger partial charge in [-0.2, -0.15) is 0 Å². The minimum atomic E-state index is -2.03. The summed E-state index contributed by atoms with van der Waals surface area (Å²) in [6, 6.07) is 0.916. The first-order valence-electron chi connectivity index (χ1n) is 6.80. The number of hydrogen-bond donors (Lipinski definition) is 4. The van der Waals surface area contributed by atoms with Crippen molar-refractivity contribution in [3.8, 4) is 0 Å². The molecular weight excluding hydrogens is 268 g/mol. The van der Waals surface area contributed by atoms with Crippen molar-refractivity contribution in [1.29, 1.82) is 0 Å². The Bertz CT molecular complexity index is 275. The van der Waals surface area contributed by atoms with Crippen LogP contribution in [0.3, 0.4) is 0 Å². The Hall–Kier alpha value is -0.0231. The Labute approximate surface area is 115 Å². The Morgan fingerprint density at radius 1 is 1.16 bits per heavy atom. The molecule has 5 atom stereocenters. The van der Waals surface area contributed by atoms with Gasteiger partial charge in [-0.15, -0.1) is 0 Å². The van der Waals surface area contributed by atoms with Gasteiger partial charge < -0.3 is 29.6 Å². The van der Waals surface area contributed by atoms with E-state index in [4.69, 9.17) is 14.3 Å². The summed E-state index contributed by atoms with van der Waals surface area (Å²) in [7, 11) is -2.03. The summed E-state index contributed by atoms with van der Waals surface area (Å²) in [6.07, 6.45) is -3.70. The Kier molecular flexibility index (Phi) is 6.38. The van der Waals surface area contributed by atoms with Gasteiger partial charge in [0.05, 0.1) is 6.61 Å². The molecule has 0 bridgehead atoms. The molecule has 6 nitrogen and oxygen atoms in total. The maximum Gasteiger partial charge on any atom is 0.187 e. The lowest BCUT2D eigenvalue weighted by Gasteiger charge is -2.42. The van der Waals surface area contributed by atoms with E-state index in [0.29, 0.717) is 0 Å². The molecule has 114 valence electrons. The van der Waals surface area contributed by atoms with Crippen molar-refractivity contribution in [3.63, 3.8) is 0 Å². The van der Waals surface area contributed by atoms with E-state index in [2.05, 4.69) is 6.92 Å². The zero-order valence-corrected chi connectivity index (χ0v) is 12.8. The van der Waals surface area contributed by atoms with Gasteiger partial charge in [-0.3, -0.25) is 0 Å². The fraction of sp³-hybridized carbons (Fsp3) is 1.00. The van der Waals surface area contributed by atoms with E-state index in [-0.39, 0.29) is 0 Å². The average Bonchev–Trinajstić information content (AvgIpc) is 2.36. The second kappa shape index (κ2) is 7.12. The van der Waals surface area contributed by atoms with E-state index in [0.717, 1.165) is 18.9 Å². The molecule has 1 fully saturated rings. The van der Waals surface area contributed by atoms with Crippen LogP contribution in [0.5, 0.6) is 0 Å². The Morgan fingerprint density at radius 2 is 1.79 bits per heavy atom. The fourth-order valence-electron chi connectivity index (χ4n) is 2.23. The molecule has 1 heterocycles. The number of aliphatic hydroxyl groups excluding tert-OH is 4. The van der Waals surface area contributed by atoms with Crippen LogP contribution in [0.1, 0.15) is 19.8 Å². The van der Waals surface area contributed by atoms with Crippen molar-refractivity contribution >= 4 is 8.32 Å². The maximum absolute atomic E-state index is 9.99. The van der Waals surface area contributed by atoms with Crippen molar-refractivity contribution < 1.29 is 29.6 Å². The lowest BCUT2D eigenvalue weighted by Crippen LogP contribution is -2.61. The second-order valence-electron chi connectivity index (χ2n) is 5.67. The summed E-state index contributed by atoms with van der Waals surface area (Å²) in [6.45, 7) is 5.64. The number of hydrogen-bond acceptors (Lipinski definition) is 6. The topological polar surface area (TPSA) is 99.4 Å². The minimum absolute atomic E-state index is 0.460. The van der Waals surface area contributed by atoms with E-state index in [9.17, 15) is 15.3 Å². The number of aliphatic hydroxyl groups is 4. The highest BCUT2D eigenvalue weighted by molar-refractivity contribution is 6.71. The lowest BCUT2D eigenvalue weighted by molar-refractivity contribution is -0.282. The number of rotatable bonds is 6. The first-order valence-corrected chi connectivity index (χ1v) is 9.92. The van der Waals surface area contributed by atoms with Gasteiger partial charge in [-0.05, 0) is 19.1 Å². The van der Waals surface area contributed by atoms with Gasteiger partial charge in [0.2, 0.25) is 0 Å². The van der Waals surface area contributed by atoms with Crippen LogP contribution in [-0.2, 0) is 9.16 Å². The molecule has 7 heteroatoms. The SMILES string of the molecule is CCCC[Si](C)(C)O[C@@H]1[C@@H](O)[C@@H](O)[C@@H](CO)O[C@@H]1O. The highest BCUT2D eigenvalue weighted by Gasteiger charge is 2.46. The Morgan fingerprint density at radius 3 is 2.32 bits per heavy atom. The van der Waals surface area contributed by atoms with Crippen LogP contribution in [0.4, 0.5) is 0 Å². The van der Waals surface area contributed by atoms with Crippen molar-refractivity contribution in [1.82, 2.24) is 0 Å². The highest BCUT2D eigenvalue weighted by Crippen LogP contribution is 2.27. The van der Waals surface area contributed by atoms with E-state index >= 15 is 0 Å². The van der Waals surface area contributed by atoms with Gasteiger partial charge in [0, 0.05) is 0 Å². The molecule has 0 unspecified atom stereocenters. The molecule has 0 radical (unpaired) electrons. The van der Waals surface area contributed by atoms with Crippen LogP contribution in [0, 0.1) is 0 Å². The molecule has 19 heavy (non-hydrogen) atoms. The quantitative estimate of drug-likeness (QED) is 0.507. The molecule has 0 amide bonds. The molecule has 1 saturated heterocycles. The average molecular weight is 294 g/mol. The zero-order chi connectivity index (χ0) is 14.6. The summed E-state index contributed by atoms with van der Waals surface area (Å²) in [5.74, 6) is 0. The van der Waals surface area contributed by atoms with E-state index in [1.807, 2.05) is 13.1 Å². The third kappa shape index (κ3) is 4.49. The molecule has 1 aliphatic rings. The summed E-state index contributed by atoms with van der Waals surface area (Å²) in [4.78, 5) is 0. The summed E-state index contributed by atoms with van der Waals surface area (Å²) >= 11 is 0. The van der Waals surface area contributed by atoms with Gasteiger partial charge in [0.1, 0.15) is 24.4 Å². The first kappa shape index (κ1) is 17.0. The van der Waals surface area contributed by atoms with Gasteiger partial charge in [-0.1, -0.05) is 19.8 Å². The Balaban J connectivity index is 2.66. The van der Waals surface area contributed by atoms with Gasteiger partial charge in [0.25, 0.3) is 0 Å². The maximum atomic E-state index is 9.99. The van der Waals surface area contributed by atoms with E-state index in [1.54, 1.807) is 0 Å². The molecule has 0 aromatic rings. The molecule has 0 saturated carbocycles. The van der Waals surface area contributed by atoms with Gasteiger partial charge >= 0.3 is 0 Å². The van der Waals surface area contributed by atoms with Crippen LogP contribution in [0.25, 0.3) is 0 Å². The summed E-state index contributed by atoms with van der Waals surface area (Å²) < 4.78 is 10.9. The van der Waals surface area contributed by atoms with Gasteiger partial charge in [0.15, 0.2) is 14.6 Å². The van der Waals surface area contributed by atoms with Crippen LogP contribution < -0.4 is 0 Å². The van der Waals surface area contributed by atoms with Crippen molar-refractivity contribution in [3.05, 3.63) is 0 Å². The van der Waals surface area contributed by atoms with Crippen molar-refractivity contribution in [2.24, 2.45) is 0 Å². The molecule has 4 N–H and O–H groups in total. The predicted octanol–water partition coefficient (Wildman–Crippen LogP) is -0.192. The fourth-order valence-corrected chi connectivity index (χ4v) is 4.54. The molecule has 1 aliphatic heterocycles. The molecule has 0 spiro atoms. The highest BCUT2D eigenvalue weighted by atomic mass is 28.4. The van der Waals surface area contributed by atoms with Crippen LogP contribution in [-0.4, -0.2) is 66.1 Å². The van der Waals surface area contributed by atoms with E-state index in [1.165, 1.54) is 0 Å². The first-order chi connectivity index (χ1) is 8.82. The van der Waals surface area contributed by atoms with Crippen molar-refractivity contribution in [2.45, 2.75) is 69.6 Å². The minimum Gasteiger partial charge on any atom is -0.407 e. The van der Waals surface area contributed by atoms with Crippen LogP contribution in [0.2, 0.25) is 19.1 Å². The molecule has 0 aliphatic carbocycles. The lowest BCUT2D eigenvalue weighted by atomic mass is 9.99. The molecule has 1 rings (SSSR count). The normalized spacial score (nSPS) is 36.5. The second-order valence-corrected chi connectivity index (χ2v) is 9.93. The van der Waals surface area contributed by atoms with Crippen molar-refractivity contribution in [2.75, 3.05) is 6.61 Å².